The number of halogens is 1. The molecule has 1 heterocycles. The molecule has 1 rings (SSSR count). The molecule has 0 aromatic carbocycles. The number of hydrogen-bond donors (Lipinski definition) is 2. The van der Waals surface area contributed by atoms with Crippen molar-refractivity contribution in [2.24, 2.45) is 0 Å². The number of pyridine rings is 1. The van der Waals surface area contributed by atoms with E-state index in [2.05, 4.69) is 16.9 Å². The van der Waals surface area contributed by atoms with Crippen molar-refractivity contribution >= 4 is 5.82 Å². The monoisotopic (exact) mass is 182 g/mol. The maximum Gasteiger partial charge on any atom is 0.141 e. The highest BCUT2D eigenvalue weighted by molar-refractivity contribution is 5.36. The molecule has 0 fully saturated rings. The first-order chi connectivity index (χ1) is 6.26. The molecule has 0 aliphatic carbocycles. The van der Waals surface area contributed by atoms with Crippen LogP contribution in [0.25, 0.3) is 0 Å². The summed E-state index contributed by atoms with van der Waals surface area (Å²) in [5, 5.41) is 11.7. The van der Waals surface area contributed by atoms with Crippen LogP contribution in [0.1, 0.15) is 0 Å². The van der Waals surface area contributed by atoms with E-state index in [0.717, 1.165) is 6.20 Å². The van der Waals surface area contributed by atoms with E-state index in [1.165, 1.54) is 12.1 Å². The summed E-state index contributed by atoms with van der Waals surface area (Å²) in [7, 11) is 0. The van der Waals surface area contributed by atoms with Crippen molar-refractivity contribution in [3.05, 3.63) is 36.8 Å². The van der Waals surface area contributed by atoms with Gasteiger partial charge in [-0.3, -0.25) is 0 Å². The minimum Gasteiger partial charge on any atom is -0.394 e. The first-order valence-electron chi connectivity index (χ1n) is 3.87. The van der Waals surface area contributed by atoms with Crippen molar-refractivity contribution < 1.29 is 9.50 Å². The van der Waals surface area contributed by atoms with Crippen LogP contribution in [0.15, 0.2) is 31.0 Å². The Bertz CT molecular complexity index is 273. The molecule has 0 aliphatic heterocycles. The number of aromatic nitrogens is 1. The Morgan fingerprint density at radius 1 is 1.69 bits per heavy atom. The van der Waals surface area contributed by atoms with Gasteiger partial charge in [0.05, 0.1) is 18.8 Å². The molecule has 0 bridgehead atoms. The molecule has 1 unspecified atom stereocenters. The molecule has 0 spiro atoms. The summed E-state index contributed by atoms with van der Waals surface area (Å²) in [4.78, 5) is 3.77. The third-order valence-corrected chi connectivity index (χ3v) is 1.54. The molecule has 0 saturated heterocycles. The van der Waals surface area contributed by atoms with Gasteiger partial charge in [-0.05, 0) is 12.1 Å². The van der Waals surface area contributed by atoms with E-state index in [9.17, 15) is 4.39 Å². The lowest BCUT2D eigenvalue weighted by molar-refractivity contribution is 0.290. The van der Waals surface area contributed by atoms with Gasteiger partial charge in [0.2, 0.25) is 0 Å². The summed E-state index contributed by atoms with van der Waals surface area (Å²) < 4.78 is 12.4. The van der Waals surface area contributed by atoms with Crippen molar-refractivity contribution in [2.45, 2.75) is 6.04 Å². The molecular weight excluding hydrogens is 171 g/mol. The second kappa shape index (κ2) is 4.57. The zero-order valence-corrected chi connectivity index (χ0v) is 7.07. The average molecular weight is 182 g/mol. The Labute approximate surface area is 75.9 Å². The van der Waals surface area contributed by atoms with Crippen LogP contribution in [0, 0.1) is 5.82 Å². The van der Waals surface area contributed by atoms with Crippen LogP contribution in [-0.4, -0.2) is 22.7 Å². The first kappa shape index (κ1) is 9.67. The molecule has 3 nitrogen and oxygen atoms in total. The van der Waals surface area contributed by atoms with Gasteiger partial charge in [0.25, 0.3) is 0 Å². The zero-order valence-electron chi connectivity index (χ0n) is 7.07. The largest absolute Gasteiger partial charge is 0.394 e. The number of nitrogens with one attached hydrogen (secondary N) is 1. The molecule has 13 heavy (non-hydrogen) atoms. The lowest BCUT2D eigenvalue weighted by Gasteiger charge is -2.11. The number of anilines is 1. The minimum absolute atomic E-state index is 0.0669. The number of hydrogen-bond acceptors (Lipinski definition) is 3. The maximum absolute atomic E-state index is 12.4. The Balaban J connectivity index is 2.63. The maximum atomic E-state index is 12.4. The van der Waals surface area contributed by atoms with Gasteiger partial charge in [-0.25, -0.2) is 9.37 Å². The van der Waals surface area contributed by atoms with Crippen molar-refractivity contribution in [1.29, 1.82) is 0 Å². The van der Waals surface area contributed by atoms with Gasteiger partial charge >= 0.3 is 0 Å². The summed E-state index contributed by atoms with van der Waals surface area (Å²) in [6, 6.07) is 2.55. The topological polar surface area (TPSA) is 45.1 Å². The smallest absolute Gasteiger partial charge is 0.141 e. The fourth-order valence-electron chi connectivity index (χ4n) is 0.830. The molecule has 0 saturated carbocycles. The van der Waals surface area contributed by atoms with Crippen LogP contribution in [0.3, 0.4) is 0 Å². The molecular formula is C9H11FN2O. The predicted molar refractivity (Wildman–Crippen MR) is 48.9 cm³/mol. The Morgan fingerprint density at radius 3 is 2.92 bits per heavy atom. The zero-order chi connectivity index (χ0) is 9.68. The van der Waals surface area contributed by atoms with E-state index < -0.39 is 0 Å². The number of aliphatic hydroxyl groups is 1. The third kappa shape index (κ3) is 2.83. The Morgan fingerprint density at radius 2 is 2.46 bits per heavy atom. The molecule has 2 N–H and O–H groups in total. The fourth-order valence-corrected chi connectivity index (χ4v) is 0.830. The highest BCUT2D eigenvalue weighted by atomic mass is 19.1. The molecule has 0 aliphatic rings. The van der Waals surface area contributed by atoms with Gasteiger partial charge in [-0.2, -0.15) is 0 Å². The van der Waals surface area contributed by atoms with E-state index in [1.54, 1.807) is 6.08 Å². The highest BCUT2D eigenvalue weighted by Gasteiger charge is 2.01. The summed E-state index contributed by atoms with van der Waals surface area (Å²) in [5.41, 5.74) is 0. The van der Waals surface area contributed by atoms with E-state index in [-0.39, 0.29) is 18.5 Å². The van der Waals surface area contributed by atoms with E-state index >= 15 is 0 Å². The normalized spacial score (nSPS) is 12.2. The van der Waals surface area contributed by atoms with E-state index in [1.807, 2.05) is 0 Å². The first-order valence-corrected chi connectivity index (χ1v) is 3.87. The molecule has 1 aromatic heterocycles. The molecule has 1 atom stereocenters. The van der Waals surface area contributed by atoms with Gasteiger partial charge in [0.15, 0.2) is 0 Å². The van der Waals surface area contributed by atoms with Gasteiger partial charge in [-0.15, -0.1) is 6.58 Å². The summed E-state index contributed by atoms with van der Waals surface area (Å²) in [5.74, 6) is 0.130. The summed E-state index contributed by atoms with van der Waals surface area (Å²) in [6.45, 7) is 3.45. The predicted octanol–water partition coefficient (Wildman–Crippen LogP) is 1.18. The van der Waals surface area contributed by atoms with Gasteiger partial charge in [0, 0.05) is 0 Å². The minimum atomic E-state index is -0.385. The van der Waals surface area contributed by atoms with Crippen molar-refractivity contribution in [2.75, 3.05) is 11.9 Å². The quantitative estimate of drug-likeness (QED) is 0.687. The number of rotatable bonds is 4. The number of aliphatic hydroxyl groups excluding tert-OH is 1. The van der Waals surface area contributed by atoms with Crippen LogP contribution in [0.4, 0.5) is 10.2 Å². The Hall–Kier alpha value is -1.42. The van der Waals surface area contributed by atoms with Gasteiger partial charge in [0.1, 0.15) is 11.6 Å². The van der Waals surface area contributed by atoms with E-state index in [4.69, 9.17) is 5.11 Å². The average Bonchev–Trinajstić information content (AvgIpc) is 2.17. The van der Waals surface area contributed by atoms with E-state index in [0.29, 0.717) is 5.82 Å². The summed E-state index contributed by atoms with van der Waals surface area (Å²) in [6.07, 6.45) is 2.67. The lowest BCUT2D eigenvalue weighted by Crippen LogP contribution is -2.21. The second-order valence-electron chi connectivity index (χ2n) is 2.53. The summed E-state index contributed by atoms with van der Waals surface area (Å²) >= 11 is 0. The number of nitrogens with zero attached hydrogens (tertiary/aromatic N) is 1. The highest BCUT2D eigenvalue weighted by Crippen LogP contribution is 2.05. The second-order valence-corrected chi connectivity index (χ2v) is 2.53. The Kier molecular flexibility index (Phi) is 3.40. The van der Waals surface area contributed by atoms with Crippen LogP contribution < -0.4 is 5.32 Å². The third-order valence-electron chi connectivity index (χ3n) is 1.54. The SMILES string of the molecule is C=CC(CO)Nc1ccc(F)cn1. The van der Waals surface area contributed by atoms with Gasteiger partial charge < -0.3 is 10.4 Å². The fraction of sp³-hybridized carbons (Fsp3) is 0.222. The molecule has 1 aromatic rings. The van der Waals surface area contributed by atoms with Crippen molar-refractivity contribution in [1.82, 2.24) is 4.98 Å². The molecule has 70 valence electrons. The van der Waals surface area contributed by atoms with Gasteiger partial charge in [-0.1, -0.05) is 6.08 Å². The standard InChI is InChI=1S/C9H11FN2O/c1-2-8(6-13)12-9-4-3-7(10)5-11-9/h2-5,8,13H,1,6H2,(H,11,12). The molecule has 0 amide bonds. The van der Waals surface area contributed by atoms with Crippen LogP contribution in [0.5, 0.6) is 0 Å². The lowest BCUT2D eigenvalue weighted by atomic mass is 10.3. The molecule has 0 radical (unpaired) electrons. The molecule has 4 heteroatoms. The van der Waals surface area contributed by atoms with Crippen LogP contribution >= 0.6 is 0 Å². The van der Waals surface area contributed by atoms with Crippen molar-refractivity contribution in [3.8, 4) is 0 Å². The van der Waals surface area contributed by atoms with Crippen LogP contribution in [-0.2, 0) is 0 Å². The van der Waals surface area contributed by atoms with Crippen LogP contribution in [0.2, 0.25) is 0 Å². The van der Waals surface area contributed by atoms with Crippen molar-refractivity contribution in [3.63, 3.8) is 0 Å².